The van der Waals surface area contributed by atoms with E-state index >= 15 is 0 Å². The molecule has 110 valence electrons. The predicted molar refractivity (Wildman–Crippen MR) is 87.6 cm³/mol. The van der Waals surface area contributed by atoms with Crippen molar-refractivity contribution in [3.05, 3.63) is 38.7 Å². The van der Waals surface area contributed by atoms with Crippen LogP contribution < -0.4 is 11.3 Å². The van der Waals surface area contributed by atoms with Crippen molar-refractivity contribution >= 4 is 28.7 Å². The number of anilines is 1. The maximum Gasteiger partial charge on any atom is 0.256 e. The monoisotopic (exact) mass is 302 g/mol. The fourth-order valence-electron chi connectivity index (χ4n) is 2.80. The summed E-state index contributed by atoms with van der Waals surface area (Å²) in [5, 5.41) is 3.04. The zero-order chi connectivity index (χ0) is 15.1. The number of nitrogens with two attached hydrogens (primary N) is 1. The van der Waals surface area contributed by atoms with Crippen molar-refractivity contribution in [1.29, 1.82) is 0 Å². The third-order valence-corrected chi connectivity index (χ3v) is 5.02. The molecule has 1 unspecified atom stereocenters. The van der Waals surface area contributed by atoms with Crippen molar-refractivity contribution in [3.63, 3.8) is 0 Å². The number of fused-ring (bicyclic) bond motifs is 1. The number of allylic oxidation sites excluding steroid dienone is 1. The van der Waals surface area contributed by atoms with Crippen LogP contribution in [0.3, 0.4) is 0 Å². The van der Waals surface area contributed by atoms with Crippen LogP contribution in [0.4, 0.5) is 5.95 Å². The zero-order valence-corrected chi connectivity index (χ0v) is 13.2. The summed E-state index contributed by atoms with van der Waals surface area (Å²) < 4.78 is 1.70. The number of nitrogen functional groups attached to an aromatic ring is 1. The summed E-state index contributed by atoms with van der Waals surface area (Å²) in [5.41, 5.74) is 9.28. The molecule has 0 fully saturated rings. The van der Waals surface area contributed by atoms with Gasteiger partial charge in [-0.05, 0) is 32.2 Å². The number of aryl methyl sites for hydroxylation is 2. The van der Waals surface area contributed by atoms with E-state index in [9.17, 15) is 4.79 Å². The van der Waals surface area contributed by atoms with Crippen molar-refractivity contribution in [2.24, 2.45) is 0 Å². The number of pyridine rings is 1. The highest BCUT2D eigenvalue weighted by atomic mass is 32.2. The number of thioether (sulfide) groups is 1. The van der Waals surface area contributed by atoms with E-state index < -0.39 is 0 Å². The van der Waals surface area contributed by atoms with Gasteiger partial charge in [-0.25, -0.2) is 4.98 Å². The Bertz CT molecular complexity index is 809. The molecule has 2 N–H and O–H groups in total. The summed E-state index contributed by atoms with van der Waals surface area (Å²) in [4.78, 5) is 21.3. The van der Waals surface area contributed by atoms with Gasteiger partial charge in [-0.2, -0.15) is 4.98 Å². The molecule has 6 heteroatoms. The molecule has 1 aliphatic heterocycles. The molecule has 0 aliphatic carbocycles. The van der Waals surface area contributed by atoms with Crippen LogP contribution in [0.5, 0.6) is 0 Å². The van der Waals surface area contributed by atoms with Gasteiger partial charge in [0, 0.05) is 29.2 Å². The Morgan fingerprint density at radius 2 is 2.19 bits per heavy atom. The fraction of sp³-hybridized carbons (Fsp3) is 0.400. The highest BCUT2D eigenvalue weighted by Gasteiger charge is 2.24. The van der Waals surface area contributed by atoms with Gasteiger partial charge in [-0.1, -0.05) is 5.57 Å². The molecule has 0 amide bonds. The molecule has 1 atom stereocenters. The lowest BCUT2D eigenvalue weighted by Gasteiger charge is -2.16. The molecular weight excluding hydrogens is 284 g/mol. The van der Waals surface area contributed by atoms with E-state index in [-0.39, 0.29) is 17.4 Å². The smallest absolute Gasteiger partial charge is 0.256 e. The Balaban J connectivity index is 2.35. The molecule has 21 heavy (non-hydrogen) atoms. The van der Waals surface area contributed by atoms with Gasteiger partial charge in [0.2, 0.25) is 5.95 Å². The molecular formula is C15H18N4OS. The highest BCUT2D eigenvalue weighted by Crippen LogP contribution is 2.35. The first kappa shape index (κ1) is 14.1. The lowest BCUT2D eigenvalue weighted by Crippen LogP contribution is -2.27. The number of nitrogens with zero attached hydrogens (tertiary/aromatic N) is 3. The van der Waals surface area contributed by atoms with Gasteiger partial charge in [-0.3, -0.25) is 9.36 Å². The molecule has 3 heterocycles. The molecule has 0 aromatic carbocycles. The average molecular weight is 302 g/mol. The van der Waals surface area contributed by atoms with Gasteiger partial charge in [-0.15, -0.1) is 11.8 Å². The molecule has 0 radical (unpaired) electrons. The second kappa shape index (κ2) is 5.18. The summed E-state index contributed by atoms with van der Waals surface area (Å²) in [7, 11) is 0. The first-order chi connectivity index (χ1) is 10.0. The molecule has 2 aromatic heterocycles. The van der Waals surface area contributed by atoms with Crippen molar-refractivity contribution < 1.29 is 0 Å². The third-order valence-electron chi connectivity index (χ3n) is 3.95. The molecule has 2 aromatic rings. The first-order valence-electron chi connectivity index (χ1n) is 6.98. The summed E-state index contributed by atoms with van der Waals surface area (Å²) in [6.07, 6.45) is 0. The zero-order valence-electron chi connectivity index (χ0n) is 12.4. The minimum absolute atomic E-state index is 0.0303. The van der Waals surface area contributed by atoms with E-state index in [1.807, 2.05) is 19.9 Å². The van der Waals surface area contributed by atoms with Crippen molar-refractivity contribution in [2.75, 3.05) is 11.5 Å². The van der Waals surface area contributed by atoms with E-state index in [1.54, 1.807) is 16.3 Å². The maximum atomic E-state index is 12.8. The van der Waals surface area contributed by atoms with Crippen LogP contribution in [0.2, 0.25) is 0 Å². The van der Waals surface area contributed by atoms with Gasteiger partial charge in [0.25, 0.3) is 5.56 Å². The maximum absolute atomic E-state index is 12.8. The van der Waals surface area contributed by atoms with Crippen LogP contribution >= 0.6 is 11.8 Å². The molecule has 5 nitrogen and oxygen atoms in total. The van der Waals surface area contributed by atoms with Gasteiger partial charge in [0.1, 0.15) is 5.65 Å². The normalized spacial score (nSPS) is 18.2. The Morgan fingerprint density at radius 3 is 2.81 bits per heavy atom. The van der Waals surface area contributed by atoms with Crippen molar-refractivity contribution in [1.82, 2.24) is 14.5 Å². The molecule has 1 aliphatic rings. The summed E-state index contributed by atoms with van der Waals surface area (Å²) in [5.74, 6) is 1.31. The van der Waals surface area contributed by atoms with Crippen molar-refractivity contribution in [2.45, 2.75) is 33.2 Å². The molecule has 0 spiro atoms. The molecule has 3 rings (SSSR count). The minimum Gasteiger partial charge on any atom is -0.368 e. The van der Waals surface area contributed by atoms with Crippen LogP contribution in [0.25, 0.3) is 11.0 Å². The van der Waals surface area contributed by atoms with Crippen LogP contribution in [-0.4, -0.2) is 20.3 Å². The summed E-state index contributed by atoms with van der Waals surface area (Å²) >= 11 is 1.76. The average Bonchev–Trinajstić information content (AvgIpc) is 2.84. The first-order valence-corrected chi connectivity index (χ1v) is 8.03. The topological polar surface area (TPSA) is 73.8 Å². The second-order valence-corrected chi connectivity index (χ2v) is 6.20. The minimum atomic E-state index is 0.0303. The van der Waals surface area contributed by atoms with E-state index in [2.05, 4.69) is 22.3 Å². The molecule has 0 saturated heterocycles. The Hall–Kier alpha value is -1.82. The molecule has 0 saturated carbocycles. The standard InChI is InChI=1S/C15H18N4OS/c1-4-19-13-10(9(3)17-15(16)18-13)5-11(14(19)20)12-7-21-6-8(12)2/h5-6,12H,4,7H2,1-3H3,(H2,16,17,18). The molecule has 0 bridgehead atoms. The van der Waals surface area contributed by atoms with E-state index in [0.717, 1.165) is 22.4 Å². The Labute approximate surface area is 127 Å². The number of aromatic nitrogens is 3. The number of hydrogen-bond acceptors (Lipinski definition) is 5. The summed E-state index contributed by atoms with van der Waals surface area (Å²) in [6, 6.07) is 1.95. The van der Waals surface area contributed by atoms with Crippen LogP contribution in [0.15, 0.2) is 21.8 Å². The number of hydrogen-bond donors (Lipinski definition) is 1. The predicted octanol–water partition coefficient (Wildman–Crippen LogP) is 2.44. The van der Waals surface area contributed by atoms with Crippen LogP contribution in [0.1, 0.15) is 31.0 Å². The van der Waals surface area contributed by atoms with Gasteiger partial charge in [0.15, 0.2) is 0 Å². The van der Waals surface area contributed by atoms with Crippen molar-refractivity contribution in [3.8, 4) is 0 Å². The van der Waals surface area contributed by atoms with Crippen LogP contribution in [-0.2, 0) is 6.54 Å². The van der Waals surface area contributed by atoms with E-state index in [1.165, 1.54) is 5.57 Å². The Morgan fingerprint density at radius 1 is 1.43 bits per heavy atom. The largest absolute Gasteiger partial charge is 0.368 e. The van der Waals surface area contributed by atoms with Gasteiger partial charge >= 0.3 is 0 Å². The SMILES string of the molecule is CCn1c(=O)c(C2CSC=C2C)cc2c(C)nc(N)nc21. The highest BCUT2D eigenvalue weighted by molar-refractivity contribution is 8.02. The Kier molecular flexibility index (Phi) is 3.49. The quantitative estimate of drug-likeness (QED) is 0.922. The van der Waals surface area contributed by atoms with Gasteiger partial charge in [0.05, 0.1) is 5.69 Å². The summed E-state index contributed by atoms with van der Waals surface area (Å²) in [6.45, 7) is 6.50. The fourth-order valence-corrected chi connectivity index (χ4v) is 3.96. The van der Waals surface area contributed by atoms with E-state index in [0.29, 0.717) is 12.2 Å². The third kappa shape index (κ3) is 2.23. The lowest BCUT2D eigenvalue weighted by atomic mass is 9.95. The van der Waals surface area contributed by atoms with E-state index in [4.69, 9.17) is 5.73 Å². The van der Waals surface area contributed by atoms with Crippen LogP contribution in [0, 0.1) is 6.92 Å². The number of rotatable bonds is 2. The second-order valence-electron chi connectivity index (χ2n) is 5.30. The van der Waals surface area contributed by atoms with Gasteiger partial charge < -0.3 is 5.73 Å². The lowest BCUT2D eigenvalue weighted by molar-refractivity contribution is 0.727.